The number of pyridine rings is 1. The van der Waals surface area contributed by atoms with E-state index in [1.54, 1.807) is 24.3 Å². The van der Waals surface area contributed by atoms with Crippen molar-refractivity contribution in [1.82, 2.24) is 4.98 Å². The highest BCUT2D eigenvalue weighted by atomic mass is 35.5. The predicted molar refractivity (Wildman–Crippen MR) is 58.8 cm³/mol. The summed E-state index contributed by atoms with van der Waals surface area (Å²) in [5, 5.41) is 0.683. The minimum absolute atomic E-state index is 0. The second-order valence-corrected chi connectivity index (χ2v) is 4.20. The summed E-state index contributed by atoms with van der Waals surface area (Å²) in [5.74, 6) is 0. The van der Waals surface area contributed by atoms with Crippen molar-refractivity contribution in [3.63, 3.8) is 0 Å². The average molecular weight is 246 g/mol. The summed E-state index contributed by atoms with van der Waals surface area (Å²) in [6.07, 6.45) is 1.48. The van der Waals surface area contributed by atoms with Crippen molar-refractivity contribution in [2.24, 2.45) is 0 Å². The van der Waals surface area contributed by atoms with Gasteiger partial charge in [0.15, 0.2) is 0 Å². The zero-order valence-electron chi connectivity index (χ0n) is 7.49. The second-order valence-electron chi connectivity index (χ2n) is 2.81. The molecule has 15 heavy (non-hydrogen) atoms. The van der Waals surface area contributed by atoms with Gasteiger partial charge in [0, 0.05) is 11.6 Å². The van der Waals surface area contributed by atoms with E-state index in [0.717, 1.165) is 0 Å². The molecule has 80 valence electrons. The molecule has 1 N–H and O–H groups in total. The standard InChI is InChI=1S/C9H7NO3S.ClH/c11-14(12,13)8-5-1-3-7-4-2-6-10-9(7)8;/h1-6H,(H,11,12,13);1H. The third-order valence-electron chi connectivity index (χ3n) is 1.87. The van der Waals surface area contributed by atoms with Gasteiger partial charge in [-0.15, -0.1) is 12.4 Å². The van der Waals surface area contributed by atoms with E-state index >= 15 is 0 Å². The molecule has 0 fully saturated rings. The van der Waals surface area contributed by atoms with Crippen LogP contribution in [-0.2, 0) is 10.1 Å². The molecule has 1 aromatic heterocycles. The zero-order valence-corrected chi connectivity index (χ0v) is 9.12. The molecule has 0 spiro atoms. The zero-order chi connectivity index (χ0) is 10.2. The van der Waals surface area contributed by atoms with Gasteiger partial charge in [-0.05, 0) is 12.1 Å². The van der Waals surface area contributed by atoms with Gasteiger partial charge in [-0.25, -0.2) is 0 Å². The summed E-state index contributed by atoms with van der Waals surface area (Å²) in [5.41, 5.74) is 0.289. The molecule has 0 aliphatic heterocycles. The summed E-state index contributed by atoms with van der Waals surface area (Å²) in [7, 11) is -4.19. The monoisotopic (exact) mass is 245 g/mol. The number of hydrogen-bond acceptors (Lipinski definition) is 3. The van der Waals surface area contributed by atoms with Gasteiger partial charge in [0.1, 0.15) is 4.90 Å². The van der Waals surface area contributed by atoms with Crippen molar-refractivity contribution in [2.75, 3.05) is 0 Å². The Hall–Kier alpha value is -1.17. The van der Waals surface area contributed by atoms with E-state index in [4.69, 9.17) is 4.55 Å². The van der Waals surface area contributed by atoms with Crippen LogP contribution >= 0.6 is 12.4 Å². The normalized spacial score (nSPS) is 11.0. The summed E-state index contributed by atoms with van der Waals surface area (Å²) in [4.78, 5) is 3.75. The summed E-state index contributed by atoms with van der Waals surface area (Å²) in [6, 6.07) is 8.06. The maximum atomic E-state index is 11.0. The van der Waals surface area contributed by atoms with E-state index in [1.807, 2.05) is 0 Å². The number of nitrogens with zero attached hydrogens (tertiary/aromatic N) is 1. The number of rotatable bonds is 1. The number of fused-ring (bicyclic) bond motifs is 1. The summed E-state index contributed by atoms with van der Waals surface area (Å²) in [6.45, 7) is 0. The average Bonchev–Trinajstić information content (AvgIpc) is 2.15. The van der Waals surface area contributed by atoms with Gasteiger partial charge in [-0.1, -0.05) is 18.2 Å². The van der Waals surface area contributed by atoms with Gasteiger partial charge in [0.25, 0.3) is 10.1 Å². The predicted octanol–water partition coefficient (Wildman–Crippen LogP) is 1.90. The van der Waals surface area contributed by atoms with Crippen LogP contribution in [0, 0.1) is 0 Å². The lowest BCUT2D eigenvalue weighted by molar-refractivity contribution is 0.484. The SMILES string of the molecule is Cl.O=S(=O)(O)c1cccc2cccnc12. The molecular weight excluding hydrogens is 238 g/mol. The van der Waals surface area contributed by atoms with Gasteiger partial charge in [0.2, 0.25) is 0 Å². The molecule has 6 heteroatoms. The topological polar surface area (TPSA) is 67.3 Å². The highest BCUT2D eigenvalue weighted by Gasteiger charge is 2.13. The van der Waals surface area contributed by atoms with E-state index in [-0.39, 0.29) is 22.8 Å². The van der Waals surface area contributed by atoms with Gasteiger partial charge in [-0.3, -0.25) is 9.54 Å². The molecule has 2 aromatic rings. The van der Waals surface area contributed by atoms with Crippen LogP contribution in [0.25, 0.3) is 10.9 Å². The molecule has 0 bridgehead atoms. The maximum Gasteiger partial charge on any atom is 0.296 e. The Morgan fingerprint density at radius 1 is 1.13 bits per heavy atom. The lowest BCUT2D eigenvalue weighted by Gasteiger charge is -2.01. The summed E-state index contributed by atoms with van der Waals surface area (Å²) < 4.78 is 30.8. The Kier molecular flexibility index (Phi) is 3.28. The van der Waals surface area contributed by atoms with E-state index in [0.29, 0.717) is 5.39 Å². The second kappa shape index (κ2) is 4.14. The van der Waals surface area contributed by atoms with E-state index in [1.165, 1.54) is 12.3 Å². The Morgan fingerprint density at radius 2 is 1.80 bits per heavy atom. The van der Waals surface area contributed by atoms with Crippen molar-refractivity contribution in [1.29, 1.82) is 0 Å². The van der Waals surface area contributed by atoms with Gasteiger partial charge < -0.3 is 0 Å². The van der Waals surface area contributed by atoms with Crippen molar-refractivity contribution in [3.8, 4) is 0 Å². The first kappa shape index (κ1) is 11.9. The number of aromatic nitrogens is 1. The van der Waals surface area contributed by atoms with Crippen molar-refractivity contribution in [3.05, 3.63) is 36.5 Å². The number of hydrogen-bond donors (Lipinski definition) is 1. The van der Waals surface area contributed by atoms with E-state index in [9.17, 15) is 8.42 Å². The molecule has 0 aliphatic rings. The molecule has 0 radical (unpaired) electrons. The smallest absolute Gasteiger partial charge is 0.282 e. The molecule has 0 atom stereocenters. The fraction of sp³-hybridized carbons (Fsp3) is 0. The molecule has 1 aromatic carbocycles. The van der Waals surface area contributed by atoms with E-state index < -0.39 is 10.1 Å². The fourth-order valence-electron chi connectivity index (χ4n) is 1.28. The highest BCUT2D eigenvalue weighted by Crippen LogP contribution is 2.19. The third kappa shape index (κ3) is 2.26. The molecule has 2 rings (SSSR count). The first-order valence-electron chi connectivity index (χ1n) is 3.90. The van der Waals surface area contributed by atoms with Crippen LogP contribution in [0.4, 0.5) is 0 Å². The van der Waals surface area contributed by atoms with Crippen LogP contribution in [-0.4, -0.2) is 18.0 Å². The molecule has 0 saturated carbocycles. The summed E-state index contributed by atoms with van der Waals surface area (Å²) >= 11 is 0. The molecule has 0 saturated heterocycles. The molecule has 1 heterocycles. The van der Waals surface area contributed by atoms with Crippen LogP contribution in [0.15, 0.2) is 41.4 Å². The molecular formula is C9H8ClNO3S. The minimum Gasteiger partial charge on any atom is -0.282 e. The Bertz CT molecular complexity index is 577. The first-order valence-corrected chi connectivity index (χ1v) is 5.34. The van der Waals surface area contributed by atoms with Gasteiger partial charge in [0.05, 0.1) is 5.52 Å². The van der Waals surface area contributed by atoms with Crippen LogP contribution < -0.4 is 0 Å². The molecule has 4 nitrogen and oxygen atoms in total. The highest BCUT2D eigenvalue weighted by molar-refractivity contribution is 7.86. The fourth-order valence-corrected chi connectivity index (χ4v) is 1.95. The Labute approximate surface area is 93.1 Å². The molecule has 0 aliphatic carbocycles. The lowest BCUT2D eigenvalue weighted by atomic mass is 10.2. The third-order valence-corrected chi connectivity index (χ3v) is 2.76. The van der Waals surface area contributed by atoms with E-state index in [2.05, 4.69) is 4.98 Å². The molecule has 0 amide bonds. The Balaban J connectivity index is 0.00000112. The van der Waals surface area contributed by atoms with Gasteiger partial charge in [-0.2, -0.15) is 8.42 Å². The minimum atomic E-state index is -4.19. The number of para-hydroxylation sites is 1. The largest absolute Gasteiger partial charge is 0.296 e. The van der Waals surface area contributed by atoms with Crippen LogP contribution in [0.3, 0.4) is 0 Å². The Morgan fingerprint density at radius 3 is 2.47 bits per heavy atom. The van der Waals surface area contributed by atoms with Crippen LogP contribution in [0.1, 0.15) is 0 Å². The van der Waals surface area contributed by atoms with Gasteiger partial charge >= 0.3 is 0 Å². The van der Waals surface area contributed by atoms with Crippen LogP contribution in [0.2, 0.25) is 0 Å². The number of benzene rings is 1. The van der Waals surface area contributed by atoms with Crippen LogP contribution in [0.5, 0.6) is 0 Å². The van der Waals surface area contributed by atoms with Crippen molar-refractivity contribution in [2.45, 2.75) is 4.90 Å². The first-order chi connectivity index (χ1) is 6.59. The van der Waals surface area contributed by atoms with Crippen molar-refractivity contribution >= 4 is 33.4 Å². The lowest BCUT2D eigenvalue weighted by Crippen LogP contribution is -1.99. The number of halogens is 1. The molecule has 0 unspecified atom stereocenters. The quantitative estimate of drug-likeness (QED) is 0.780. The maximum absolute atomic E-state index is 11.0. The van der Waals surface area contributed by atoms with Crippen molar-refractivity contribution < 1.29 is 13.0 Å².